The van der Waals surface area contributed by atoms with Crippen molar-refractivity contribution < 1.29 is 14.3 Å². The van der Waals surface area contributed by atoms with Crippen LogP contribution in [0.2, 0.25) is 5.02 Å². The quantitative estimate of drug-likeness (QED) is 0.569. The average molecular weight is 288 g/mol. The summed E-state index contributed by atoms with van der Waals surface area (Å²) in [5.41, 5.74) is -0.280. The lowest BCUT2D eigenvalue weighted by Crippen LogP contribution is -2.30. The molecule has 5 nitrogen and oxygen atoms in total. The molecule has 1 heterocycles. The zero-order chi connectivity index (χ0) is 14.3. The normalized spacial score (nSPS) is 12.2. The molecule has 1 atom stereocenters. The van der Waals surface area contributed by atoms with E-state index in [9.17, 15) is 9.59 Å². The van der Waals surface area contributed by atoms with Gasteiger partial charge in [0.05, 0.1) is 11.6 Å². The zero-order valence-electron chi connectivity index (χ0n) is 11.1. The summed E-state index contributed by atoms with van der Waals surface area (Å²) in [4.78, 5) is 23.6. The Hall–Kier alpha value is -1.33. The highest BCUT2D eigenvalue weighted by Crippen LogP contribution is 2.14. The molecule has 0 N–H and O–H groups in total. The van der Waals surface area contributed by atoms with Gasteiger partial charge in [-0.25, -0.2) is 4.79 Å². The third-order valence-electron chi connectivity index (χ3n) is 2.57. The molecule has 6 heteroatoms. The number of hydrogen-bond acceptors (Lipinski definition) is 4. The van der Waals surface area contributed by atoms with Crippen LogP contribution in [-0.4, -0.2) is 30.4 Å². The van der Waals surface area contributed by atoms with Crippen molar-refractivity contribution in [1.82, 2.24) is 4.57 Å². The topological polar surface area (TPSA) is 57.5 Å². The van der Waals surface area contributed by atoms with Gasteiger partial charge in [0.1, 0.15) is 12.6 Å². The van der Waals surface area contributed by atoms with Gasteiger partial charge in [-0.2, -0.15) is 0 Å². The van der Waals surface area contributed by atoms with Crippen LogP contribution in [-0.2, 0) is 14.3 Å². The molecule has 0 fully saturated rings. The van der Waals surface area contributed by atoms with Gasteiger partial charge in [0.25, 0.3) is 5.56 Å². The molecule has 0 aliphatic carbocycles. The molecule has 0 bridgehead atoms. The Balaban J connectivity index is 2.74. The Morgan fingerprint density at radius 1 is 1.37 bits per heavy atom. The van der Waals surface area contributed by atoms with Crippen molar-refractivity contribution in [3.63, 3.8) is 0 Å². The van der Waals surface area contributed by atoms with Gasteiger partial charge in [0.15, 0.2) is 0 Å². The van der Waals surface area contributed by atoms with Crippen LogP contribution >= 0.6 is 11.6 Å². The molecule has 0 aliphatic heterocycles. The molecule has 0 aliphatic rings. The van der Waals surface area contributed by atoms with Crippen molar-refractivity contribution in [2.24, 2.45) is 0 Å². The van der Waals surface area contributed by atoms with Gasteiger partial charge in [-0.05, 0) is 19.4 Å². The highest BCUT2D eigenvalue weighted by molar-refractivity contribution is 6.30. The lowest BCUT2D eigenvalue weighted by molar-refractivity contribution is -0.149. The fraction of sp³-hybridized carbons (Fsp3) is 0.538. The maximum Gasteiger partial charge on any atom is 0.329 e. The highest BCUT2D eigenvalue weighted by Gasteiger charge is 2.21. The molecule has 1 aromatic rings. The first-order valence-electron chi connectivity index (χ1n) is 6.22. The van der Waals surface area contributed by atoms with Crippen LogP contribution in [0, 0.1) is 0 Å². The Morgan fingerprint density at radius 2 is 2.11 bits per heavy atom. The zero-order valence-corrected chi connectivity index (χ0v) is 11.9. The molecule has 0 aromatic carbocycles. The van der Waals surface area contributed by atoms with E-state index in [2.05, 4.69) is 0 Å². The summed E-state index contributed by atoms with van der Waals surface area (Å²) in [7, 11) is 0. The Morgan fingerprint density at radius 3 is 2.74 bits per heavy atom. The summed E-state index contributed by atoms with van der Waals surface area (Å²) in [6.45, 7) is 4.77. The van der Waals surface area contributed by atoms with Gasteiger partial charge in [-0.15, -0.1) is 0 Å². The summed E-state index contributed by atoms with van der Waals surface area (Å²) >= 11 is 5.84. The van der Waals surface area contributed by atoms with E-state index < -0.39 is 12.0 Å². The molecule has 0 saturated heterocycles. The lowest BCUT2D eigenvalue weighted by atomic mass is 10.2. The van der Waals surface area contributed by atoms with Crippen molar-refractivity contribution in [2.75, 3.05) is 19.8 Å². The first-order valence-corrected chi connectivity index (χ1v) is 6.60. The Labute approximate surface area is 117 Å². The smallest absolute Gasteiger partial charge is 0.329 e. The first kappa shape index (κ1) is 15.7. The number of aromatic nitrogens is 1. The summed E-state index contributed by atoms with van der Waals surface area (Å²) in [5, 5.41) is 0.403. The number of pyridine rings is 1. The Bertz CT molecular complexity index is 472. The number of nitrogens with zero attached hydrogens (tertiary/aromatic N) is 1. The molecule has 0 amide bonds. The minimum absolute atomic E-state index is 0.179. The Kier molecular flexibility index (Phi) is 6.59. The monoisotopic (exact) mass is 287 g/mol. The summed E-state index contributed by atoms with van der Waals surface area (Å²) < 4.78 is 11.5. The van der Waals surface area contributed by atoms with Crippen LogP contribution < -0.4 is 5.56 Å². The van der Waals surface area contributed by atoms with E-state index in [0.29, 0.717) is 24.7 Å². The number of esters is 1. The van der Waals surface area contributed by atoms with E-state index in [1.807, 2.05) is 13.8 Å². The minimum Gasteiger partial charge on any atom is -0.462 e. The second kappa shape index (κ2) is 7.96. The predicted octanol–water partition coefficient (Wildman–Crippen LogP) is 2.03. The maximum absolute atomic E-state index is 11.9. The van der Waals surface area contributed by atoms with Crippen LogP contribution in [0.5, 0.6) is 0 Å². The third kappa shape index (κ3) is 4.69. The van der Waals surface area contributed by atoms with Gasteiger partial charge >= 0.3 is 5.97 Å². The van der Waals surface area contributed by atoms with Crippen LogP contribution in [0.4, 0.5) is 0 Å². The van der Waals surface area contributed by atoms with Crippen molar-refractivity contribution >= 4 is 17.6 Å². The molecule has 0 saturated carbocycles. The summed E-state index contributed by atoms with van der Waals surface area (Å²) in [6, 6.07) is 2.17. The van der Waals surface area contributed by atoms with Gasteiger partial charge in [0.2, 0.25) is 0 Å². The van der Waals surface area contributed by atoms with E-state index in [0.717, 1.165) is 0 Å². The third-order valence-corrected chi connectivity index (χ3v) is 2.80. The van der Waals surface area contributed by atoms with E-state index in [1.54, 1.807) is 0 Å². The molecule has 1 rings (SSSR count). The highest BCUT2D eigenvalue weighted by atomic mass is 35.5. The van der Waals surface area contributed by atoms with Crippen molar-refractivity contribution in [3.8, 4) is 0 Å². The van der Waals surface area contributed by atoms with Gasteiger partial charge in [0, 0.05) is 18.9 Å². The number of rotatable bonds is 7. The minimum atomic E-state index is -0.659. The van der Waals surface area contributed by atoms with Crippen molar-refractivity contribution in [1.29, 1.82) is 0 Å². The maximum atomic E-state index is 11.9. The molecule has 0 spiro atoms. The molecular formula is C13H18ClNO4. The van der Waals surface area contributed by atoms with Gasteiger partial charge < -0.3 is 9.47 Å². The van der Waals surface area contributed by atoms with Crippen LogP contribution in [0.15, 0.2) is 23.1 Å². The lowest BCUT2D eigenvalue weighted by Gasteiger charge is -2.17. The SMILES string of the molecule is CCOCCOC(=O)C(CC)n1cc(Cl)ccc1=O. The summed E-state index contributed by atoms with van der Waals surface area (Å²) in [5.74, 6) is -0.452. The molecule has 1 aromatic heterocycles. The number of ether oxygens (including phenoxy) is 2. The second-order valence-electron chi connectivity index (χ2n) is 3.88. The van der Waals surface area contributed by atoms with E-state index in [-0.39, 0.29) is 12.2 Å². The fourth-order valence-corrected chi connectivity index (χ4v) is 1.81. The predicted molar refractivity (Wildman–Crippen MR) is 72.5 cm³/mol. The first-order chi connectivity index (χ1) is 9.10. The largest absolute Gasteiger partial charge is 0.462 e. The molecular weight excluding hydrogens is 270 g/mol. The van der Waals surface area contributed by atoms with E-state index in [4.69, 9.17) is 21.1 Å². The fourth-order valence-electron chi connectivity index (χ4n) is 1.64. The number of halogens is 1. The number of carbonyl (C=O) groups is 1. The molecule has 1 unspecified atom stereocenters. The van der Waals surface area contributed by atoms with Crippen LogP contribution in [0.25, 0.3) is 0 Å². The van der Waals surface area contributed by atoms with Crippen LogP contribution in [0.3, 0.4) is 0 Å². The second-order valence-corrected chi connectivity index (χ2v) is 4.32. The van der Waals surface area contributed by atoms with Gasteiger partial charge in [-0.3, -0.25) is 9.36 Å². The number of carbonyl (C=O) groups excluding carboxylic acids is 1. The van der Waals surface area contributed by atoms with Gasteiger partial charge in [-0.1, -0.05) is 18.5 Å². The standard InChI is InChI=1S/C13H18ClNO4/c1-3-11(13(17)19-8-7-18-4-2)15-9-10(14)5-6-12(15)16/h5-6,9,11H,3-4,7-8H2,1-2H3. The molecule has 106 valence electrons. The molecule has 19 heavy (non-hydrogen) atoms. The van der Waals surface area contributed by atoms with E-state index in [1.165, 1.54) is 22.9 Å². The van der Waals surface area contributed by atoms with Crippen LogP contribution in [0.1, 0.15) is 26.3 Å². The van der Waals surface area contributed by atoms with Crippen molar-refractivity contribution in [2.45, 2.75) is 26.3 Å². The number of hydrogen-bond donors (Lipinski definition) is 0. The summed E-state index contributed by atoms with van der Waals surface area (Å²) in [6.07, 6.45) is 1.90. The average Bonchev–Trinajstić information content (AvgIpc) is 2.39. The van der Waals surface area contributed by atoms with Crippen molar-refractivity contribution in [3.05, 3.63) is 33.7 Å². The molecule has 0 radical (unpaired) electrons. The van der Waals surface area contributed by atoms with E-state index >= 15 is 0 Å².